The zero-order chi connectivity index (χ0) is 17.1. The molecule has 0 unspecified atom stereocenters. The van der Waals surface area contributed by atoms with E-state index in [1.54, 1.807) is 16.0 Å². The summed E-state index contributed by atoms with van der Waals surface area (Å²) < 4.78 is 7.11. The molecular formula is C16H14N6OS2. The van der Waals surface area contributed by atoms with E-state index in [-0.39, 0.29) is 0 Å². The highest BCUT2D eigenvalue weighted by Gasteiger charge is 2.13. The smallest absolute Gasteiger partial charge is 0.237 e. The second-order valence-electron chi connectivity index (χ2n) is 5.36. The van der Waals surface area contributed by atoms with E-state index in [1.165, 1.54) is 22.2 Å². The minimum absolute atomic E-state index is 0.518. The van der Waals surface area contributed by atoms with Crippen LogP contribution in [0.5, 0.6) is 0 Å². The van der Waals surface area contributed by atoms with Crippen molar-refractivity contribution in [3.63, 3.8) is 0 Å². The van der Waals surface area contributed by atoms with Crippen molar-refractivity contribution in [2.45, 2.75) is 24.4 Å². The van der Waals surface area contributed by atoms with E-state index >= 15 is 0 Å². The van der Waals surface area contributed by atoms with Crippen LogP contribution in [0, 0.1) is 6.92 Å². The summed E-state index contributed by atoms with van der Waals surface area (Å²) in [5.74, 6) is 1.66. The molecular weight excluding hydrogens is 356 g/mol. The molecule has 25 heavy (non-hydrogen) atoms. The second-order valence-corrected chi connectivity index (χ2v) is 7.34. The van der Waals surface area contributed by atoms with Gasteiger partial charge in [0.15, 0.2) is 0 Å². The third-order valence-electron chi connectivity index (χ3n) is 3.49. The molecule has 0 radical (unpaired) electrons. The van der Waals surface area contributed by atoms with Crippen molar-refractivity contribution < 1.29 is 4.52 Å². The van der Waals surface area contributed by atoms with Gasteiger partial charge in [0.05, 0.1) is 12.3 Å². The number of rotatable bonds is 6. The van der Waals surface area contributed by atoms with Crippen LogP contribution in [0.2, 0.25) is 0 Å². The van der Waals surface area contributed by atoms with E-state index < -0.39 is 0 Å². The monoisotopic (exact) mass is 370 g/mol. The van der Waals surface area contributed by atoms with Crippen LogP contribution in [-0.2, 0) is 12.3 Å². The van der Waals surface area contributed by atoms with Gasteiger partial charge >= 0.3 is 0 Å². The van der Waals surface area contributed by atoms with Gasteiger partial charge in [-0.1, -0.05) is 52.8 Å². The topological polar surface area (TPSA) is 82.5 Å². The molecule has 0 amide bonds. The van der Waals surface area contributed by atoms with Crippen molar-refractivity contribution in [3.05, 3.63) is 58.1 Å². The Kier molecular flexibility index (Phi) is 4.57. The Morgan fingerprint density at radius 2 is 2.08 bits per heavy atom. The summed E-state index contributed by atoms with van der Waals surface area (Å²) >= 11 is 3.15. The van der Waals surface area contributed by atoms with Crippen molar-refractivity contribution in [2.75, 3.05) is 0 Å². The Morgan fingerprint density at radius 1 is 1.20 bits per heavy atom. The minimum Gasteiger partial charge on any atom is -0.338 e. The zero-order valence-electron chi connectivity index (χ0n) is 13.4. The number of nitrogens with zero attached hydrogens (tertiary/aromatic N) is 6. The quantitative estimate of drug-likeness (QED) is 0.481. The number of benzene rings is 1. The molecule has 3 heterocycles. The Bertz CT molecular complexity index is 945. The first-order valence-corrected chi connectivity index (χ1v) is 9.45. The molecule has 0 saturated carbocycles. The van der Waals surface area contributed by atoms with Crippen molar-refractivity contribution in [1.82, 2.24) is 30.3 Å². The summed E-state index contributed by atoms with van der Waals surface area (Å²) in [6.45, 7) is 2.70. The van der Waals surface area contributed by atoms with Gasteiger partial charge in [-0.05, 0) is 28.8 Å². The molecule has 0 aliphatic heterocycles. The van der Waals surface area contributed by atoms with Crippen LogP contribution in [0.3, 0.4) is 0 Å². The number of hydrogen-bond donors (Lipinski definition) is 0. The second kappa shape index (κ2) is 7.16. The fourth-order valence-corrected chi connectivity index (χ4v) is 3.61. The van der Waals surface area contributed by atoms with Crippen molar-refractivity contribution in [2.24, 2.45) is 0 Å². The van der Waals surface area contributed by atoms with Gasteiger partial charge in [0, 0.05) is 10.4 Å². The number of aryl methyl sites for hydroxylation is 1. The Hall–Kier alpha value is -2.52. The number of aromatic nitrogens is 6. The Morgan fingerprint density at radius 3 is 2.88 bits per heavy atom. The fraction of sp³-hybridized carbons (Fsp3) is 0.188. The molecule has 7 nitrogen and oxygen atoms in total. The molecule has 0 bridgehead atoms. The normalized spacial score (nSPS) is 11.1. The van der Waals surface area contributed by atoms with Crippen LogP contribution in [0.15, 0.2) is 51.5 Å². The molecule has 0 spiro atoms. The molecule has 0 aliphatic carbocycles. The van der Waals surface area contributed by atoms with Gasteiger partial charge in [-0.15, -0.1) is 16.4 Å². The van der Waals surface area contributed by atoms with E-state index in [9.17, 15) is 0 Å². The lowest BCUT2D eigenvalue weighted by molar-refractivity contribution is 0.391. The van der Waals surface area contributed by atoms with Crippen LogP contribution in [-0.4, -0.2) is 30.3 Å². The maximum absolute atomic E-state index is 5.34. The molecule has 0 N–H and O–H groups in total. The van der Waals surface area contributed by atoms with Crippen LogP contribution in [0.1, 0.15) is 16.3 Å². The molecule has 0 aliphatic rings. The van der Waals surface area contributed by atoms with Crippen LogP contribution >= 0.6 is 23.1 Å². The van der Waals surface area contributed by atoms with E-state index in [0.717, 1.165) is 10.7 Å². The number of thioether (sulfide) groups is 1. The summed E-state index contributed by atoms with van der Waals surface area (Å²) in [7, 11) is 0. The maximum atomic E-state index is 5.34. The van der Waals surface area contributed by atoms with Gasteiger partial charge in [-0.3, -0.25) is 0 Å². The van der Waals surface area contributed by atoms with E-state index in [4.69, 9.17) is 4.52 Å². The minimum atomic E-state index is 0.518. The number of thiophene rings is 1. The molecule has 0 atom stereocenters. The SMILES string of the molecule is Cc1ccc(-c2noc(CSc3nnnn3Cc3cccs3)n2)cc1. The summed E-state index contributed by atoms with van der Waals surface area (Å²) in [6, 6.07) is 12.1. The molecule has 4 rings (SSSR count). The molecule has 1 aromatic carbocycles. The van der Waals surface area contributed by atoms with Gasteiger partial charge in [0.25, 0.3) is 0 Å². The van der Waals surface area contributed by atoms with Crippen LogP contribution in [0.25, 0.3) is 11.4 Å². The van der Waals surface area contributed by atoms with Gasteiger partial charge in [0.2, 0.25) is 16.9 Å². The number of tetrazole rings is 1. The largest absolute Gasteiger partial charge is 0.338 e. The average Bonchev–Trinajstić information content (AvgIpc) is 3.36. The lowest BCUT2D eigenvalue weighted by atomic mass is 10.1. The first-order chi connectivity index (χ1) is 12.3. The van der Waals surface area contributed by atoms with Gasteiger partial charge in [-0.2, -0.15) is 4.98 Å². The third kappa shape index (κ3) is 3.77. The summed E-state index contributed by atoms with van der Waals surface area (Å²) in [5, 5.41) is 18.7. The van der Waals surface area contributed by atoms with E-state index in [1.807, 2.05) is 42.6 Å². The molecule has 9 heteroatoms. The summed E-state index contributed by atoms with van der Waals surface area (Å²) in [5.41, 5.74) is 2.13. The highest BCUT2D eigenvalue weighted by Crippen LogP contribution is 2.23. The van der Waals surface area contributed by atoms with Gasteiger partial charge < -0.3 is 4.52 Å². The molecule has 126 valence electrons. The molecule has 3 aromatic heterocycles. The fourth-order valence-electron chi connectivity index (χ4n) is 2.21. The van der Waals surface area contributed by atoms with Crippen LogP contribution < -0.4 is 0 Å². The zero-order valence-corrected chi connectivity index (χ0v) is 15.0. The first-order valence-electron chi connectivity index (χ1n) is 7.59. The molecule has 0 fully saturated rings. The lowest BCUT2D eigenvalue weighted by Gasteiger charge is -2.00. The number of hydrogen-bond acceptors (Lipinski definition) is 8. The highest BCUT2D eigenvalue weighted by atomic mass is 32.2. The first kappa shape index (κ1) is 16.0. The van der Waals surface area contributed by atoms with Gasteiger partial charge in [0.1, 0.15) is 0 Å². The summed E-state index contributed by atoms with van der Waals surface area (Å²) in [4.78, 5) is 5.64. The standard InChI is InChI=1S/C16H14N6OS2/c1-11-4-6-12(7-5-11)15-17-14(23-19-15)10-25-16-18-20-21-22(16)9-13-3-2-8-24-13/h2-8H,9-10H2,1H3. The molecule has 4 aromatic rings. The highest BCUT2D eigenvalue weighted by molar-refractivity contribution is 7.98. The Balaban J connectivity index is 1.42. The average molecular weight is 370 g/mol. The van der Waals surface area contributed by atoms with Crippen LogP contribution in [0.4, 0.5) is 0 Å². The van der Waals surface area contributed by atoms with E-state index in [2.05, 4.69) is 31.7 Å². The van der Waals surface area contributed by atoms with Crippen molar-refractivity contribution in [1.29, 1.82) is 0 Å². The Labute approximate surface area is 152 Å². The third-order valence-corrected chi connectivity index (χ3v) is 5.29. The lowest BCUT2D eigenvalue weighted by Crippen LogP contribution is -2.02. The summed E-state index contributed by atoms with van der Waals surface area (Å²) in [6.07, 6.45) is 0. The van der Waals surface area contributed by atoms with Crippen molar-refractivity contribution >= 4 is 23.1 Å². The van der Waals surface area contributed by atoms with Gasteiger partial charge in [-0.25, -0.2) is 4.68 Å². The van der Waals surface area contributed by atoms with E-state index in [0.29, 0.717) is 24.0 Å². The molecule has 0 saturated heterocycles. The maximum Gasteiger partial charge on any atom is 0.237 e. The van der Waals surface area contributed by atoms with Crippen molar-refractivity contribution in [3.8, 4) is 11.4 Å². The predicted octanol–water partition coefficient (Wildman–Crippen LogP) is 3.43. The predicted molar refractivity (Wildman–Crippen MR) is 95.3 cm³/mol.